The van der Waals surface area contributed by atoms with Gasteiger partial charge >= 0.3 is 0 Å². The van der Waals surface area contributed by atoms with E-state index < -0.39 is 6.10 Å². The summed E-state index contributed by atoms with van der Waals surface area (Å²) in [4.78, 5) is 13.0. The first-order valence-electron chi connectivity index (χ1n) is 10.6. The lowest BCUT2D eigenvalue weighted by Gasteiger charge is -2.42. The number of rotatable bonds is 6. The third-order valence-corrected chi connectivity index (χ3v) is 6.24. The van der Waals surface area contributed by atoms with Gasteiger partial charge in [-0.2, -0.15) is 0 Å². The van der Waals surface area contributed by atoms with E-state index in [1.807, 2.05) is 51.1 Å². The van der Waals surface area contributed by atoms with Crippen LogP contribution in [0.25, 0.3) is 0 Å². The van der Waals surface area contributed by atoms with Crippen molar-refractivity contribution in [2.45, 2.75) is 78.6 Å². The SMILES string of the molecule is CCC1(CC)C[C@@H](NC(=O)[C@@H](C)Oc2cc(C)cc(C)c2C)c2ccccc2O1. The highest BCUT2D eigenvalue weighted by atomic mass is 16.5. The molecule has 1 aliphatic rings. The number of hydrogen-bond acceptors (Lipinski definition) is 3. The number of amides is 1. The van der Waals surface area contributed by atoms with Crippen LogP contribution in [0.2, 0.25) is 0 Å². The van der Waals surface area contributed by atoms with Crippen LogP contribution in [0.3, 0.4) is 0 Å². The Hall–Kier alpha value is -2.49. The van der Waals surface area contributed by atoms with Crippen LogP contribution in [0.5, 0.6) is 11.5 Å². The second kappa shape index (κ2) is 8.48. The van der Waals surface area contributed by atoms with Gasteiger partial charge in [-0.15, -0.1) is 0 Å². The number of hydrogen-bond donors (Lipinski definition) is 1. The molecule has 3 rings (SSSR count). The highest BCUT2D eigenvalue weighted by molar-refractivity contribution is 5.81. The maximum absolute atomic E-state index is 13.0. The normalized spacial score (nSPS) is 18.3. The molecular formula is C25H33NO3. The van der Waals surface area contributed by atoms with Gasteiger partial charge in [-0.05, 0) is 69.4 Å². The van der Waals surface area contributed by atoms with E-state index in [4.69, 9.17) is 9.47 Å². The van der Waals surface area contributed by atoms with Gasteiger partial charge in [-0.3, -0.25) is 4.79 Å². The number of fused-ring (bicyclic) bond motifs is 1. The van der Waals surface area contributed by atoms with Crippen LogP contribution in [0.1, 0.15) is 68.3 Å². The molecule has 156 valence electrons. The van der Waals surface area contributed by atoms with Crippen LogP contribution in [0, 0.1) is 20.8 Å². The van der Waals surface area contributed by atoms with Gasteiger partial charge in [0.2, 0.25) is 0 Å². The molecule has 1 heterocycles. The molecule has 4 heteroatoms. The summed E-state index contributed by atoms with van der Waals surface area (Å²) in [5.41, 5.74) is 4.16. The van der Waals surface area contributed by atoms with E-state index in [2.05, 4.69) is 32.2 Å². The van der Waals surface area contributed by atoms with Crippen molar-refractivity contribution in [1.29, 1.82) is 0 Å². The molecule has 29 heavy (non-hydrogen) atoms. The lowest BCUT2D eigenvalue weighted by Crippen LogP contribution is -2.47. The van der Waals surface area contributed by atoms with Crippen molar-refractivity contribution in [2.75, 3.05) is 0 Å². The van der Waals surface area contributed by atoms with Crippen LogP contribution in [0.15, 0.2) is 36.4 Å². The van der Waals surface area contributed by atoms with Gasteiger partial charge in [0, 0.05) is 12.0 Å². The summed E-state index contributed by atoms with van der Waals surface area (Å²) >= 11 is 0. The summed E-state index contributed by atoms with van der Waals surface area (Å²) in [6.07, 6.45) is 1.98. The molecule has 2 aromatic rings. The van der Waals surface area contributed by atoms with Crippen molar-refractivity contribution in [3.05, 3.63) is 58.7 Å². The van der Waals surface area contributed by atoms with Crippen LogP contribution in [-0.4, -0.2) is 17.6 Å². The summed E-state index contributed by atoms with van der Waals surface area (Å²) in [5, 5.41) is 3.22. The number of nitrogens with one attached hydrogen (secondary N) is 1. The lowest BCUT2D eigenvalue weighted by molar-refractivity contribution is -0.128. The van der Waals surface area contributed by atoms with E-state index in [9.17, 15) is 4.79 Å². The molecule has 1 N–H and O–H groups in total. The largest absolute Gasteiger partial charge is 0.487 e. The van der Waals surface area contributed by atoms with Crippen molar-refractivity contribution in [3.8, 4) is 11.5 Å². The fourth-order valence-electron chi connectivity index (χ4n) is 4.09. The van der Waals surface area contributed by atoms with Crippen LogP contribution in [0.4, 0.5) is 0 Å². The van der Waals surface area contributed by atoms with E-state index in [-0.39, 0.29) is 17.6 Å². The average molecular weight is 396 g/mol. The predicted octanol–water partition coefficient (Wildman–Crippen LogP) is 5.58. The molecule has 1 aliphatic heterocycles. The lowest BCUT2D eigenvalue weighted by atomic mass is 9.83. The van der Waals surface area contributed by atoms with E-state index >= 15 is 0 Å². The molecule has 0 unspecified atom stereocenters. The number of carbonyl (C=O) groups excluding carboxylic acids is 1. The Morgan fingerprint density at radius 2 is 1.90 bits per heavy atom. The van der Waals surface area contributed by atoms with E-state index in [1.54, 1.807) is 0 Å². The Morgan fingerprint density at radius 1 is 1.21 bits per heavy atom. The predicted molar refractivity (Wildman–Crippen MR) is 117 cm³/mol. The van der Waals surface area contributed by atoms with Gasteiger partial charge in [-0.25, -0.2) is 0 Å². The summed E-state index contributed by atoms with van der Waals surface area (Å²) in [7, 11) is 0. The summed E-state index contributed by atoms with van der Waals surface area (Å²) < 4.78 is 12.4. The molecule has 2 aromatic carbocycles. The Balaban J connectivity index is 1.79. The molecule has 0 radical (unpaired) electrons. The number of aryl methyl sites for hydroxylation is 2. The maximum atomic E-state index is 13.0. The van der Waals surface area contributed by atoms with Crippen LogP contribution < -0.4 is 14.8 Å². The number of para-hydroxylation sites is 1. The van der Waals surface area contributed by atoms with Gasteiger partial charge in [-0.1, -0.05) is 38.1 Å². The molecule has 1 amide bonds. The van der Waals surface area contributed by atoms with E-state index in [1.165, 1.54) is 5.56 Å². The quantitative estimate of drug-likeness (QED) is 0.695. The maximum Gasteiger partial charge on any atom is 0.261 e. The molecule has 0 bridgehead atoms. The Labute approximate surface area is 174 Å². The zero-order chi connectivity index (χ0) is 21.2. The minimum Gasteiger partial charge on any atom is -0.487 e. The van der Waals surface area contributed by atoms with Crippen molar-refractivity contribution in [2.24, 2.45) is 0 Å². The highest BCUT2D eigenvalue weighted by Crippen LogP contribution is 2.42. The van der Waals surface area contributed by atoms with Crippen LogP contribution in [-0.2, 0) is 4.79 Å². The van der Waals surface area contributed by atoms with Gasteiger partial charge in [0.25, 0.3) is 5.91 Å². The topological polar surface area (TPSA) is 47.6 Å². The molecule has 4 nitrogen and oxygen atoms in total. The zero-order valence-electron chi connectivity index (χ0n) is 18.5. The molecular weight excluding hydrogens is 362 g/mol. The molecule has 2 atom stereocenters. The Morgan fingerprint density at radius 3 is 2.59 bits per heavy atom. The van der Waals surface area contributed by atoms with E-state index in [0.29, 0.717) is 0 Å². The minimum atomic E-state index is -0.581. The fraction of sp³-hybridized carbons (Fsp3) is 0.480. The van der Waals surface area contributed by atoms with E-state index in [0.717, 1.165) is 47.5 Å². The van der Waals surface area contributed by atoms with Gasteiger partial charge in [0.1, 0.15) is 17.1 Å². The molecule has 0 fully saturated rings. The third kappa shape index (κ3) is 4.42. The second-order valence-electron chi connectivity index (χ2n) is 8.26. The first kappa shape index (κ1) is 21.2. The first-order valence-corrected chi connectivity index (χ1v) is 10.6. The summed E-state index contributed by atoms with van der Waals surface area (Å²) in [5.74, 6) is 1.53. The van der Waals surface area contributed by atoms with Crippen molar-refractivity contribution in [1.82, 2.24) is 5.32 Å². The average Bonchev–Trinajstić information content (AvgIpc) is 2.71. The summed E-state index contributed by atoms with van der Waals surface area (Å²) in [6, 6.07) is 12.0. The van der Waals surface area contributed by atoms with Gasteiger partial charge in [0.05, 0.1) is 6.04 Å². The van der Waals surface area contributed by atoms with Crippen molar-refractivity contribution in [3.63, 3.8) is 0 Å². The minimum absolute atomic E-state index is 0.0845. The zero-order valence-corrected chi connectivity index (χ0v) is 18.5. The molecule has 0 aliphatic carbocycles. The number of carbonyl (C=O) groups is 1. The molecule has 0 aromatic heterocycles. The third-order valence-electron chi connectivity index (χ3n) is 6.24. The Kier molecular flexibility index (Phi) is 6.21. The smallest absolute Gasteiger partial charge is 0.261 e. The standard InChI is InChI=1S/C25H33NO3/c1-7-25(8-2)15-21(20-11-9-10-12-22(20)29-25)26-24(27)19(6)28-23-14-16(3)13-17(4)18(23)5/h9-14,19,21H,7-8,15H2,1-6H3,(H,26,27)/t19-,21-/m1/s1. The van der Waals surface area contributed by atoms with Gasteiger partial charge < -0.3 is 14.8 Å². The van der Waals surface area contributed by atoms with Crippen molar-refractivity contribution >= 4 is 5.91 Å². The number of ether oxygens (including phenoxy) is 2. The first-order chi connectivity index (χ1) is 13.8. The van der Waals surface area contributed by atoms with Crippen molar-refractivity contribution < 1.29 is 14.3 Å². The Bertz CT molecular complexity index is 886. The molecule has 0 spiro atoms. The summed E-state index contributed by atoms with van der Waals surface area (Å²) in [6.45, 7) is 12.2. The molecule has 0 saturated carbocycles. The highest BCUT2D eigenvalue weighted by Gasteiger charge is 2.39. The number of benzene rings is 2. The van der Waals surface area contributed by atoms with Crippen LogP contribution >= 0.6 is 0 Å². The monoisotopic (exact) mass is 395 g/mol. The molecule has 0 saturated heterocycles. The van der Waals surface area contributed by atoms with Gasteiger partial charge in [0.15, 0.2) is 6.10 Å². The fourth-order valence-corrected chi connectivity index (χ4v) is 4.09. The second-order valence-corrected chi connectivity index (χ2v) is 8.26.